The van der Waals surface area contributed by atoms with Crippen LogP contribution in [-0.2, 0) is 0 Å². The topological polar surface area (TPSA) is 39.6 Å². The number of aromatic amines is 1. The molecule has 0 unspecified atom stereocenters. The number of benzene rings is 2. The van der Waals surface area contributed by atoms with Crippen LogP contribution in [0.25, 0.3) is 22.2 Å². The molecule has 3 aromatic rings. The Balaban J connectivity index is 2.11. The van der Waals surface area contributed by atoms with E-state index >= 15 is 0 Å². The van der Waals surface area contributed by atoms with Gasteiger partial charge in [-0.3, -0.25) is 0 Å². The minimum atomic E-state index is 0.685. The molecule has 0 saturated heterocycles. The molecule has 0 aliphatic carbocycles. The van der Waals surface area contributed by atoms with Crippen molar-refractivity contribution in [1.29, 1.82) is 5.26 Å². The number of rotatable bonds is 1. The zero-order chi connectivity index (χ0) is 11.7. The van der Waals surface area contributed by atoms with Gasteiger partial charge in [-0.15, -0.1) is 0 Å². The Labute approximate surface area is 99.1 Å². The molecule has 0 amide bonds. The van der Waals surface area contributed by atoms with E-state index < -0.39 is 0 Å². The SMILES string of the molecule is N#Cc1ccc(-c2cc3ccccc3[nH]2)cc1. The van der Waals surface area contributed by atoms with Crippen LogP contribution in [0, 0.1) is 11.3 Å². The monoisotopic (exact) mass is 218 g/mol. The fourth-order valence-electron chi connectivity index (χ4n) is 1.95. The molecule has 80 valence electrons. The molecule has 0 aliphatic heterocycles. The first-order valence-electron chi connectivity index (χ1n) is 5.45. The third-order valence-corrected chi connectivity index (χ3v) is 2.85. The van der Waals surface area contributed by atoms with Crippen LogP contribution in [0.5, 0.6) is 0 Å². The van der Waals surface area contributed by atoms with E-state index in [-0.39, 0.29) is 0 Å². The number of aromatic nitrogens is 1. The Kier molecular flexibility index (Phi) is 2.16. The summed E-state index contributed by atoms with van der Waals surface area (Å²) >= 11 is 0. The number of hydrogen-bond donors (Lipinski definition) is 1. The van der Waals surface area contributed by atoms with Gasteiger partial charge in [0.1, 0.15) is 0 Å². The summed E-state index contributed by atoms with van der Waals surface area (Å²) in [6.45, 7) is 0. The van der Waals surface area contributed by atoms with Crippen LogP contribution in [0.4, 0.5) is 0 Å². The van der Waals surface area contributed by atoms with E-state index in [1.807, 2.05) is 36.4 Å². The summed E-state index contributed by atoms with van der Waals surface area (Å²) in [6.07, 6.45) is 0. The number of H-pyrrole nitrogens is 1. The lowest BCUT2D eigenvalue weighted by Crippen LogP contribution is -1.78. The molecule has 0 saturated carbocycles. The summed E-state index contributed by atoms with van der Waals surface area (Å²) in [7, 11) is 0. The highest BCUT2D eigenvalue weighted by atomic mass is 14.7. The summed E-state index contributed by atoms with van der Waals surface area (Å²) in [6, 6.07) is 20.0. The maximum Gasteiger partial charge on any atom is 0.0991 e. The third kappa shape index (κ3) is 1.68. The van der Waals surface area contributed by atoms with Crippen molar-refractivity contribution in [3.05, 3.63) is 60.2 Å². The van der Waals surface area contributed by atoms with Crippen molar-refractivity contribution in [3.63, 3.8) is 0 Å². The minimum absolute atomic E-state index is 0.685. The molecule has 3 rings (SSSR count). The molecule has 17 heavy (non-hydrogen) atoms. The Morgan fingerprint density at radius 2 is 1.71 bits per heavy atom. The van der Waals surface area contributed by atoms with Crippen molar-refractivity contribution in [3.8, 4) is 17.3 Å². The van der Waals surface area contributed by atoms with Crippen LogP contribution in [-0.4, -0.2) is 4.98 Å². The molecule has 1 aromatic heterocycles. The highest BCUT2D eigenvalue weighted by Crippen LogP contribution is 2.23. The smallest absolute Gasteiger partial charge is 0.0991 e. The lowest BCUT2D eigenvalue weighted by Gasteiger charge is -1.96. The molecule has 0 radical (unpaired) electrons. The average molecular weight is 218 g/mol. The molecular formula is C15H10N2. The zero-order valence-corrected chi connectivity index (χ0v) is 9.14. The Morgan fingerprint density at radius 3 is 2.41 bits per heavy atom. The van der Waals surface area contributed by atoms with Gasteiger partial charge in [0.05, 0.1) is 11.6 Å². The van der Waals surface area contributed by atoms with Crippen molar-refractivity contribution in [2.45, 2.75) is 0 Å². The van der Waals surface area contributed by atoms with E-state index in [0.29, 0.717) is 5.56 Å². The largest absolute Gasteiger partial charge is 0.355 e. The summed E-state index contributed by atoms with van der Waals surface area (Å²) in [4.78, 5) is 3.37. The lowest BCUT2D eigenvalue weighted by atomic mass is 10.1. The maximum atomic E-state index is 8.76. The number of para-hydroxylation sites is 1. The van der Waals surface area contributed by atoms with E-state index in [9.17, 15) is 0 Å². The van der Waals surface area contributed by atoms with Gasteiger partial charge < -0.3 is 4.98 Å². The first kappa shape index (κ1) is 9.68. The lowest BCUT2D eigenvalue weighted by molar-refractivity contribution is 1.44. The van der Waals surface area contributed by atoms with Gasteiger partial charge in [-0.2, -0.15) is 5.26 Å². The third-order valence-electron chi connectivity index (χ3n) is 2.85. The van der Waals surface area contributed by atoms with Gasteiger partial charge in [0.2, 0.25) is 0 Å². The van der Waals surface area contributed by atoms with E-state index in [2.05, 4.69) is 29.3 Å². The molecule has 0 fully saturated rings. The van der Waals surface area contributed by atoms with Gasteiger partial charge in [-0.1, -0.05) is 30.3 Å². The van der Waals surface area contributed by atoms with Gasteiger partial charge in [-0.25, -0.2) is 0 Å². The second kappa shape index (κ2) is 3.80. The van der Waals surface area contributed by atoms with Crippen molar-refractivity contribution in [2.24, 2.45) is 0 Å². The number of nitriles is 1. The molecule has 0 bridgehead atoms. The molecule has 2 aromatic carbocycles. The molecule has 2 heteroatoms. The van der Waals surface area contributed by atoms with E-state index in [4.69, 9.17) is 5.26 Å². The van der Waals surface area contributed by atoms with Gasteiger partial charge in [0.15, 0.2) is 0 Å². The van der Waals surface area contributed by atoms with Crippen LogP contribution in [0.3, 0.4) is 0 Å². The molecule has 2 nitrogen and oxygen atoms in total. The van der Waals surface area contributed by atoms with Crippen molar-refractivity contribution in [1.82, 2.24) is 4.98 Å². The highest BCUT2D eigenvalue weighted by Gasteiger charge is 2.02. The summed E-state index contributed by atoms with van der Waals surface area (Å²) in [5, 5.41) is 9.96. The summed E-state index contributed by atoms with van der Waals surface area (Å²) in [5.74, 6) is 0. The second-order valence-corrected chi connectivity index (χ2v) is 3.96. The standard InChI is InChI=1S/C15H10N2/c16-10-11-5-7-12(8-6-11)15-9-13-3-1-2-4-14(13)17-15/h1-9,17H. The summed E-state index contributed by atoms with van der Waals surface area (Å²) in [5.41, 5.74) is 3.99. The van der Waals surface area contributed by atoms with Gasteiger partial charge in [-0.05, 0) is 29.8 Å². The second-order valence-electron chi connectivity index (χ2n) is 3.96. The number of nitrogens with one attached hydrogen (secondary N) is 1. The number of fused-ring (bicyclic) bond motifs is 1. The first-order chi connectivity index (χ1) is 8.36. The normalized spacial score (nSPS) is 10.3. The molecule has 0 spiro atoms. The molecular weight excluding hydrogens is 208 g/mol. The fourth-order valence-corrected chi connectivity index (χ4v) is 1.95. The molecule has 0 aliphatic rings. The number of hydrogen-bond acceptors (Lipinski definition) is 1. The van der Waals surface area contributed by atoms with Crippen LogP contribution in [0.15, 0.2) is 54.6 Å². The van der Waals surface area contributed by atoms with Crippen LogP contribution >= 0.6 is 0 Å². The van der Waals surface area contributed by atoms with E-state index in [1.54, 1.807) is 0 Å². The predicted molar refractivity (Wildman–Crippen MR) is 68.4 cm³/mol. The van der Waals surface area contributed by atoms with Gasteiger partial charge >= 0.3 is 0 Å². The Bertz CT molecular complexity index is 667. The van der Waals surface area contributed by atoms with Crippen LogP contribution < -0.4 is 0 Å². The average Bonchev–Trinajstić information content (AvgIpc) is 2.82. The van der Waals surface area contributed by atoms with Crippen LogP contribution in [0.1, 0.15) is 5.56 Å². The fraction of sp³-hybridized carbons (Fsp3) is 0. The van der Waals surface area contributed by atoms with Crippen molar-refractivity contribution in [2.75, 3.05) is 0 Å². The molecule has 1 N–H and O–H groups in total. The quantitative estimate of drug-likeness (QED) is 0.664. The van der Waals surface area contributed by atoms with Gasteiger partial charge in [0, 0.05) is 16.6 Å². The molecule has 1 heterocycles. The van der Waals surface area contributed by atoms with Crippen LogP contribution in [0.2, 0.25) is 0 Å². The summed E-state index contributed by atoms with van der Waals surface area (Å²) < 4.78 is 0. The maximum absolute atomic E-state index is 8.76. The zero-order valence-electron chi connectivity index (χ0n) is 9.14. The number of nitrogens with zero attached hydrogens (tertiary/aromatic N) is 1. The molecule has 0 atom stereocenters. The van der Waals surface area contributed by atoms with E-state index in [1.165, 1.54) is 5.39 Å². The predicted octanol–water partition coefficient (Wildman–Crippen LogP) is 3.71. The van der Waals surface area contributed by atoms with E-state index in [0.717, 1.165) is 16.8 Å². The van der Waals surface area contributed by atoms with Crippen molar-refractivity contribution >= 4 is 10.9 Å². The van der Waals surface area contributed by atoms with Crippen molar-refractivity contribution < 1.29 is 0 Å². The first-order valence-corrected chi connectivity index (χ1v) is 5.45. The Hall–Kier alpha value is -2.53. The van der Waals surface area contributed by atoms with Gasteiger partial charge in [0.25, 0.3) is 0 Å². The highest BCUT2D eigenvalue weighted by molar-refractivity contribution is 5.85. The minimum Gasteiger partial charge on any atom is -0.355 e. The Morgan fingerprint density at radius 1 is 0.941 bits per heavy atom.